The van der Waals surface area contributed by atoms with Crippen LogP contribution in [-0.2, 0) is 13.3 Å². The van der Waals surface area contributed by atoms with Gasteiger partial charge in [0, 0.05) is 19.8 Å². The highest BCUT2D eigenvalue weighted by atomic mass is 28.4. The van der Waals surface area contributed by atoms with Gasteiger partial charge in [0.2, 0.25) is 0 Å². The quantitative estimate of drug-likeness (QED) is 0.178. The van der Waals surface area contributed by atoms with Crippen molar-refractivity contribution >= 4 is 8.80 Å². The van der Waals surface area contributed by atoms with Crippen LogP contribution >= 0.6 is 0 Å². The highest BCUT2D eigenvalue weighted by molar-refractivity contribution is 6.69. The van der Waals surface area contributed by atoms with Gasteiger partial charge >= 0.3 is 8.80 Å². The third-order valence-electron chi connectivity index (χ3n) is 5.07. The minimum atomic E-state index is -2.63. The van der Waals surface area contributed by atoms with Crippen molar-refractivity contribution in [1.82, 2.24) is 0 Å². The lowest BCUT2D eigenvalue weighted by Crippen LogP contribution is -2.50. The highest BCUT2D eigenvalue weighted by Gasteiger charge is 2.47. The predicted octanol–water partition coefficient (Wildman–Crippen LogP) is 6.98. The first-order chi connectivity index (χ1) is 12.8. The highest BCUT2D eigenvalue weighted by Crippen LogP contribution is 2.32. The normalized spacial score (nSPS) is 14.3. The molecule has 154 valence electrons. The Hall–Kier alpha value is -0.163. The van der Waals surface area contributed by atoms with Crippen LogP contribution in [0.3, 0.4) is 0 Å². The molecule has 0 aromatic rings. The lowest BCUT2D eigenvalue weighted by Gasteiger charge is -2.34. The smallest absolute Gasteiger partial charge is 0.370 e. The minimum Gasteiger partial charge on any atom is -0.370 e. The second kappa shape index (κ2) is 15.9. The van der Waals surface area contributed by atoms with E-state index >= 15 is 0 Å². The number of rotatable bonds is 19. The summed E-state index contributed by atoms with van der Waals surface area (Å²) >= 11 is 0. The largest absolute Gasteiger partial charge is 0.532 e. The molecule has 0 spiro atoms. The number of hydrogen-bond donors (Lipinski definition) is 0. The summed E-state index contributed by atoms with van der Waals surface area (Å²) in [5, 5.41) is 1.35. The Morgan fingerprint density at radius 2 is 1.04 bits per heavy atom. The summed E-state index contributed by atoms with van der Waals surface area (Å²) in [6.45, 7) is 9.10. The Morgan fingerprint density at radius 1 is 0.654 bits per heavy atom. The molecule has 3 nitrogen and oxygen atoms in total. The summed E-state index contributed by atoms with van der Waals surface area (Å²) in [4.78, 5) is 0. The fourth-order valence-corrected chi connectivity index (χ4v) is 6.07. The molecular formula is C22H44O3Si. The fraction of sp³-hybridized carbons (Fsp3) is 0.909. The van der Waals surface area contributed by atoms with Gasteiger partial charge in [0.1, 0.15) is 0 Å². The van der Waals surface area contributed by atoms with E-state index in [-0.39, 0.29) is 0 Å². The van der Waals surface area contributed by atoms with Gasteiger partial charge in [-0.25, -0.2) is 0 Å². The van der Waals surface area contributed by atoms with Crippen LogP contribution in [0, 0.1) is 0 Å². The van der Waals surface area contributed by atoms with Crippen molar-refractivity contribution < 1.29 is 13.3 Å². The molecule has 1 aliphatic rings. The second-order valence-electron chi connectivity index (χ2n) is 7.55. The molecule has 0 saturated carbocycles. The Bertz CT molecular complexity index is 321. The first-order valence-electron chi connectivity index (χ1n) is 11.4. The average molecular weight is 385 g/mol. The lowest BCUT2D eigenvalue weighted by molar-refractivity contribution is 0.0622. The molecule has 0 amide bonds. The van der Waals surface area contributed by atoms with Crippen LogP contribution in [0.5, 0.6) is 0 Å². The van der Waals surface area contributed by atoms with Crippen molar-refractivity contribution in [2.45, 2.75) is 111 Å². The summed E-state index contributed by atoms with van der Waals surface area (Å²) in [6.07, 6.45) is 19.3. The average Bonchev–Trinajstić information content (AvgIpc) is 2.59. The van der Waals surface area contributed by atoms with Gasteiger partial charge in [-0.2, -0.15) is 0 Å². The van der Waals surface area contributed by atoms with Gasteiger partial charge in [0.05, 0.1) is 0 Å². The van der Waals surface area contributed by atoms with Crippen LogP contribution < -0.4 is 0 Å². The van der Waals surface area contributed by atoms with Crippen LogP contribution in [0.25, 0.3) is 0 Å². The second-order valence-corrected chi connectivity index (χ2v) is 10.2. The molecule has 0 aromatic carbocycles. The topological polar surface area (TPSA) is 27.7 Å². The first kappa shape index (κ1) is 23.9. The van der Waals surface area contributed by atoms with E-state index in [0.29, 0.717) is 0 Å². The van der Waals surface area contributed by atoms with Crippen LogP contribution in [0.1, 0.15) is 111 Å². The van der Waals surface area contributed by atoms with Gasteiger partial charge in [-0.05, 0) is 37.3 Å². The molecule has 0 atom stereocenters. The number of unbranched alkanes of at least 4 members (excludes halogenated alkanes) is 9. The standard InChI is InChI=1S/C22H44O3Si/c1-4-7-10-13-19-23-26(22-17-16-18-22,24-20-14-11-8-5-2)25-21-15-12-9-6-3/h17H,4-16,18-21H2,1-3H3. The summed E-state index contributed by atoms with van der Waals surface area (Å²) in [7, 11) is -2.63. The zero-order valence-corrected chi connectivity index (χ0v) is 18.8. The van der Waals surface area contributed by atoms with E-state index in [9.17, 15) is 0 Å². The zero-order chi connectivity index (χ0) is 18.9. The third kappa shape index (κ3) is 9.68. The lowest BCUT2D eigenvalue weighted by atomic mass is 10.1. The Labute approximate surface area is 164 Å². The third-order valence-corrected chi connectivity index (χ3v) is 8.06. The fourth-order valence-electron chi connectivity index (χ4n) is 3.18. The molecule has 0 unspecified atom stereocenters. The Kier molecular flexibility index (Phi) is 14.6. The van der Waals surface area contributed by atoms with Crippen molar-refractivity contribution in [3.63, 3.8) is 0 Å². The van der Waals surface area contributed by atoms with Crippen LogP contribution in [0.15, 0.2) is 11.3 Å². The van der Waals surface area contributed by atoms with Crippen molar-refractivity contribution in [3.8, 4) is 0 Å². The summed E-state index contributed by atoms with van der Waals surface area (Å²) in [5.74, 6) is 0. The maximum atomic E-state index is 6.42. The van der Waals surface area contributed by atoms with Gasteiger partial charge in [-0.1, -0.05) is 84.6 Å². The molecule has 0 bridgehead atoms. The van der Waals surface area contributed by atoms with Crippen molar-refractivity contribution in [2.75, 3.05) is 19.8 Å². The van der Waals surface area contributed by atoms with Crippen molar-refractivity contribution in [2.24, 2.45) is 0 Å². The van der Waals surface area contributed by atoms with Gasteiger partial charge < -0.3 is 13.3 Å². The van der Waals surface area contributed by atoms with Crippen LogP contribution in [0.4, 0.5) is 0 Å². The van der Waals surface area contributed by atoms with E-state index < -0.39 is 8.80 Å². The van der Waals surface area contributed by atoms with Gasteiger partial charge in [0.15, 0.2) is 0 Å². The molecule has 0 aromatic heterocycles. The molecule has 1 aliphatic carbocycles. The van der Waals surface area contributed by atoms with E-state index in [1.54, 1.807) is 0 Å². The molecule has 0 saturated heterocycles. The maximum absolute atomic E-state index is 6.42. The first-order valence-corrected chi connectivity index (χ1v) is 13.1. The number of hydrogen-bond acceptors (Lipinski definition) is 3. The molecule has 0 fully saturated rings. The van der Waals surface area contributed by atoms with E-state index in [1.807, 2.05) is 0 Å². The van der Waals surface area contributed by atoms with E-state index in [1.165, 1.54) is 63.0 Å². The molecule has 0 heterocycles. The van der Waals surface area contributed by atoms with E-state index in [2.05, 4.69) is 26.8 Å². The predicted molar refractivity (Wildman–Crippen MR) is 113 cm³/mol. The van der Waals surface area contributed by atoms with Crippen LogP contribution in [-0.4, -0.2) is 28.6 Å². The van der Waals surface area contributed by atoms with Crippen LogP contribution in [0.2, 0.25) is 0 Å². The SMILES string of the molecule is CCCCCCO[Si](OCCCCCC)(OCCCCCC)C1=CCC1. The Balaban J connectivity index is 2.54. The summed E-state index contributed by atoms with van der Waals surface area (Å²) in [6, 6.07) is 0. The van der Waals surface area contributed by atoms with Crippen molar-refractivity contribution in [1.29, 1.82) is 0 Å². The monoisotopic (exact) mass is 384 g/mol. The minimum absolute atomic E-state index is 0.785. The summed E-state index contributed by atoms with van der Waals surface area (Å²) < 4.78 is 19.3. The summed E-state index contributed by atoms with van der Waals surface area (Å²) in [5.41, 5.74) is 0. The number of allylic oxidation sites excluding steroid dienone is 2. The Morgan fingerprint density at radius 3 is 1.31 bits per heavy atom. The molecule has 1 rings (SSSR count). The van der Waals surface area contributed by atoms with Gasteiger partial charge in [-0.3, -0.25) is 0 Å². The molecule has 0 N–H and O–H groups in total. The van der Waals surface area contributed by atoms with Gasteiger partial charge in [-0.15, -0.1) is 0 Å². The van der Waals surface area contributed by atoms with Gasteiger partial charge in [0.25, 0.3) is 0 Å². The van der Waals surface area contributed by atoms with Crippen molar-refractivity contribution in [3.05, 3.63) is 11.3 Å². The zero-order valence-electron chi connectivity index (χ0n) is 17.8. The molecule has 4 heteroatoms. The van der Waals surface area contributed by atoms with E-state index in [4.69, 9.17) is 13.3 Å². The molecular weight excluding hydrogens is 340 g/mol. The molecule has 0 radical (unpaired) electrons. The maximum Gasteiger partial charge on any atom is 0.532 e. The van der Waals surface area contributed by atoms with E-state index in [0.717, 1.165) is 51.9 Å². The molecule has 26 heavy (non-hydrogen) atoms. The molecule has 0 aliphatic heterocycles.